The van der Waals surface area contributed by atoms with Gasteiger partial charge in [0.05, 0.1) is 4.90 Å². The van der Waals surface area contributed by atoms with Crippen LogP contribution < -0.4 is 9.47 Å². The van der Waals surface area contributed by atoms with E-state index in [1.54, 1.807) is 0 Å². The highest BCUT2D eigenvalue weighted by atomic mass is 32.2. The molecule has 0 spiro atoms. The third kappa shape index (κ3) is 3.97. The van der Waals surface area contributed by atoms with Gasteiger partial charge in [-0.2, -0.15) is 0 Å². The van der Waals surface area contributed by atoms with Crippen molar-refractivity contribution in [2.24, 2.45) is 0 Å². The van der Waals surface area contributed by atoms with Crippen molar-refractivity contribution < 1.29 is 28.4 Å². The van der Waals surface area contributed by atoms with Crippen molar-refractivity contribution in [3.63, 3.8) is 0 Å². The number of ether oxygens (including phenoxy) is 2. The van der Waals surface area contributed by atoms with Gasteiger partial charge in [0.25, 0.3) is 0 Å². The molecule has 3 unspecified atom stereocenters. The van der Waals surface area contributed by atoms with Gasteiger partial charge in [0, 0.05) is 0 Å². The quantitative estimate of drug-likeness (QED) is 0.586. The number of aliphatic hydroxyl groups is 2. The minimum atomic E-state index is -2.53. The highest BCUT2D eigenvalue weighted by molar-refractivity contribution is 7.79. The second-order valence-electron chi connectivity index (χ2n) is 3.25. The fourth-order valence-corrected chi connectivity index (χ4v) is 1.68. The van der Waals surface area contributed by atoms with Gasteiger partial charge in [-0.25, -0.2) is 0 Å². The molecular weight excluding hydrogens is 248 g/mol. The van der Waals surface area contributed by atoms with E-state index in [4.69, 9.17) is 19.7 Å². The van der Waals surface area contributed by atoms with Crippen molar-refractivity contribution in [2.75, 3.05) is 0 Å². The highest BCUT2D eigenvalue weighted by Crippen LogP contribution is 2.34. The van der Waals surface area contributed by atoms with E-state index in [1.165, 1.54) is 32.0 Å². The van der Waals surface area contributed by atoms with E-state index in [-0.39, 0.29) is 16.4 Å². The van der Waals surface area contributed by atoms with E-state index < -0.39 is 23.7 Å². The van der Waals surface area contributed by atoms with Crippen LogP contribution >= 0.6 is 0 Å². The van der Waals surface area contributed by atoms with E-state index in [9.17, 15) is 8.76 Å². The smallest absolute Gasteiger partial charge is 0.194 e. The number of benzene rings is 1. The molecular formula is C10H13O6S-. The summed E-state index contributed by atoms with van der Waals surface area (Å²) in [7, 11) is 0. The van der Waals surface area contributed by atoms with Crippen molar-refractivity contribution in [3.05, 3.63) is 18.2 Å². The molecule has 0 aromatic heterocycles. The average molecular weight is 261 g/mol. The molecule has 1 aromatic carbocycles. The summed E-state index contributed by atoms with van der Waals surface area (Å²) in [5.74, 6) is -0.0840. The molecule has 96 valence electrons. The van der Waals surface area contributed by atoms with E-state index in [0.29, 0.717) is 0 Å². The fourth-order valence-electron chi connectivity index (χ4n) is 1.19. The van der Waals surface area contributed by atoms with Crippen molar-refractivity contribution >= 4 is 11.1 Å². The fraction of sp³-hybridized carbons (Fsp3) is 0.400. The van der Waals surface area contributed by atoms with Crippen LogP contribution in [-0.4, -0.2) is 31.6 Å². The van der Waals surface area contributed by atoms with Crippen molar-refractivity contribution in [3.8, 4) is 11.5 Å². The van der Waals surface area contributed by atoms with Crippen LogP contribution in [0.15, 0.2) is 23.1 Å². The zero-order valence-corrected chi connectivity index (χ0v) is 10.1. The molecule has 0 aliphatic carbocycles. The summed E-state index contributed by atoms with van der Waals surface area (Å²) < 4.78 is 31.9. The van der Waals surface area contributed by atoms with E-state index in [0.717, 1.165) is 0 Å². The van der Waals surface area contributed by atoms with Gasteiger partial charge >= 0.3 is 0 Å². The Bertz CT molecular complexity index is 404. The molecule has 0 amide bonds. The van der Waals surface area contributed by atoms with E-state index in [2.05, 4.69) is 0 Å². The monoisotopic (exact) mass is 261 g/mol. The minimum absolute atomic E-state index is 0.0441. The number of hydrogen-bond acceptors (Lipinski definition) is 6. The molecule has 0 fully saturated rings. The SMILES string of the molecule is CC(O)Oc1cccc(S(=O)[O-])c1OC(C)O. The van der Waals surface area contributed by atoms with Gasteiger partial charge in [-0.15, -0.1) is 0 Å². The van der Waals surface area contributed by atoms with Crippen LogP contribution in [0.4, 0.5) is 0 Å². The van der Waals surface area contributed by atoms with Gasteiger partial charge in [0.15, 0.2) is 24.1 Å². The molecule has 0 radical (unpaired) electrons. The summed E-state index contributed by atoms with van der Waals surface area (Å²) in [5.41, 5.74) is 0. The van der Waals surface area contributed by atoms with Gasteiger partial charge in [-0.05, 0) is 37.1 Å². The molecule has 2 N–H and O–H groups in total. The third-order valence-electron chi connectivity index (χ3n) is 1.71. The number of hydrogen-bond donors (Lipinski definition) is 2. The van der Waals surface area contributed by atoms with Crippen molar-refractivity contribution in [1.29, 1.82) is 0 Å². The molecule has 0 aliphatic heterocycles. The molecule has 6 nitrogen and oxygen atoms in total. The first kappa shape index (κ1) is 13.9. The summed E-state index contributed by atoms with van der Waals surface area (Å²) in [6, 6.07) is 4.17. The van der Waals surface area contributed by atoms with Crippen molar-refractivity contribution in [2.45, 2.75) is 31.3 Å². The molecule has 7 heteroatoms. The van der Waals surface area contributed by atoms with Gasteiger partial charge < -0.3 is 24.2 Å². The Morgan fingerprint density at radius 2 is 1.82 bits per heavy atom. The van der Waals surface area contributed by atoms with E-state index in [1.807, 2.05) is 0 Å². The van der Waals surface area contributed by atoms with Crippen LogP contribution in [0.25, 0.3) is 0 Å². The Morgan fingerprint density at radius 1 is 1.24 bits per heavy atom. The lowest BCUT2D eigenvalue weighted by Crippen LogP contribution is -2.15. The van der Waals surface area contributed by atoms with Gasteiger partial charge in [-0.3, -0.25) is 4.21 Å². The predicted octanol–water partition coefficient (Wildman–Crippen LogP) is 0.359. The molecule has 0 bridgehead atoms. The number of aliphatic hydroxyl groups excluding tert-OH is 2. The zero-order chi connectivity index (χ0) is 13.0. The first-order valence-electron chi connectivity index (χ1n) is 4.83. The zero-order valence-electron chi connectivity index (χ0n) is 9.32. The maximum atomic E-state index is 11.0. The minimum Gasteiger partial charge on any atom is -0.768 e. The van der Waals surface area contributed by atoms with Crippen LogP contribution in [0.1, 0.15) is 13.8 Å². The van der Waals surface area contributed by atoms with Crippen molar-refractivity contribution in [1.82, 2.24) is 0 Å². The molecule has 0 aliphatic rings. The van der Waals surface area contributed by atoms with Gasteiger partial charge in [-0.1, -0.05) is 6.07 Å². The van der Waals surface area contributed by atoms with Crippen LogP contribution in [-0.2, 0) is 11.1 Å². The normalized spacial score (nSPS) is 16.1. The second-order valence-corrected chi connectivity index (χ2v) is 4.16. The summed E-state index contributed by atoms with van der Waals surface area (Å²) in [4.78, 5) is -0.149. The van der Waals surface area contributed by atoms with Crippen LogP contribution in [0.2, 0.25) is 0 Å². The molecule has 0 heterocycles. The summed E-state index contributed by atoms with van der Waals surface area (Å²) >= 11 is -2.53. The third-order valence-corrected chi connectivity index (χ3v) is 2.39. The number of para-hydroxylation sites is 1. The topological polar surface area (TPSA) is 99.1 Å². The largest absolute Gasteiger partial charge is 0.768 e. The Morgan fingerprint density at radius 3 is 2.29 bits per heavy atom. The molecule has 1 rings (SSSR count). The van der Waals surface area contributed by atoms with Crippen LogP contribution in [0.3, 0.4) is 0 Å². The highest BCUT2D eigenvalue weighted by Gasteiger charge is 2.15. The summed E-state index contributed by atoms with van der Waals surface area (Å²) in [6.07, 6.45) is -2.32. The molecule has 17 heavy (non-hydrogen) atoms. The predicted molar refractivity (Wildman–Crippen MR) is 58.2 cm³/mol. The van der Waals surface area contributed by atoms with Crippen LogP contribution in [0, 0.1) is 0 Å². The summed E-state index contributed by atoms with van der Waals surface area (Å²) in [6.45, 7) is 2.70. The molecule has 1 aromatic rings. The summed E-state index contributed by atoms with van der Waals surface area (Å²) in [5, 5.41) is 18.2. The van der Waals surface area contributed by atoms with Crippen LogP contribution in [0.5, 0.6) is 11.5 Å². The Hall–Kier alpha value is -1.15. The maximum Gasteiger partial charge on any atom is 0.194 e. The lowest BCUT2D eigenvalue weighted by molar-refractivity contribution is -0.0227. The Labute approximate surface area is 101 Å². The second kappa shape index (κ2) is 5.97. The Kier molecular flexibility index (Phi) is 4.88. The first-order valence-corrected chi connectivity index (χ1v) is 5.91. The standard InChI is InChI=1S/C10H14O6S/c1-6(11)15-8-4-3-5-9(17(13)14)10(8)16-7(2)12/h3-7,11-12H,1-2H3,(H,13,14)/p-1. The number of rotatable bonds is 5. The molecule has 0 saturated heterocycles. The maximum absolute atomic E-state index is 11.0. The Balaban J connectivity index is 3.18. The van der Waals surface area contributed by atoms with Gasteiger partial charge in [0.2, 0.25) is 0 Å². The average Bonchev–Trinajstić information content (AvgIpc) is 2.18. The van der Waals surface area contributed by atoms with E-state index >= 15 is 0 Å². The lowest BCUT2D eigenvalue weighted by Gasteiger charge is -2.19. The molecule has 0 saturated carbocycles. The van der Waals surface area contributed by atoms with Gasteiger partial charge in [0.1, 0.15) is 0 Å². The first-order chi connectivity index (χ1) is 7.91. The lowest BCUT2D eigenvalue weighted by atomic mass is 10.3. The molecule has 3 atom stereocenters.